The van der Waals surface area contributed by atoms with Gasteiger partial charge in [-0.15, -0.1) is 12.4 Å². The van der Waals surface area contributed by atoms with Gasteiger partial charge in [0.25, 0.3) is 0 Å². The molecule has 0 spiro atoms. The lowest BCUT2D eigenvalue weighted by Crippen LogP contribution is -2.16. The Morgan fingerprint density at radius 2 is 1.92 bits per heavy atom. The van der Waals surface area contributed by atoms with E-state index < -0.39 is 0 Å². The van der Waals surface area contributed by atoms with Crippen molar-refractivity contribution < 1.29 is 0 Å². The van der Waals surface area contributed by atoms with Gasteiger partial charge in [-0.2, -0.15) is 0 Å². The second-order valence-electron chi connectivity index (χ2n) is 2.71. The Labute approximate surface area is 83.6 Å². The van der Waals surface area contributed by atoms with E-state index in [9.17, 15) is 0 Å². The average Bonchev–Trinajstić information content (AvgIpc) is 2.04. The molecule has 0 atom stereocenters. The number of aryl methyl sites for hydroxylation is 1. The number of para-hydroxylation sites is 1. The smallest absolute Gasteiger partial charge is 0.0800 e. The van der Waals surface area contributed by atoms with Crippen LogP contribution < -0.4 is 5.32 Å². The summed E-state index contributed by atoms with van der Waals surface area (Å²) in [6, 6.07) is 8.31. The van der Waals surface area contributed by atoms with Gasteiger partial charge in [-0.25, -0.2) is 0 Å². The molecule has 1 heterocycles. The van der Waals surface area contributed by atoms with Crippen molar-refractivity contribution in [3.63, 3.8) is 0 Å². The number of benzene rings is 1. The molecule has 0 bridgehead atoms. The lowest BCUT2D eigenvalue weighted by Gasteiger charge is -2.17. The van der Waals surface area contributed by atoms with Gasteiger partial charge >= 0.3 is 0 Å². The molecule has 0 fully saturated rings. The Bertz CT molecular complexity index is 298. The summed E-state index contributed by atoms with van der Waals surface area (Å²) in [4.78, 5) is 0.962. The highest BCUT2D eigenvalue weighted by Gasteiger charge is 2.09. The van der Waals surface area contributed by atoms with Crippen LogP contribution in [0.3, 0.4) is 0 Å². The highest BCUT2D eigenvalue weighted by molar-refractivity contribution is 7.80. The summed E-state index contributed by atoms with van der Waals surface area (Å²) in [5, 5.41) is 3.19. The maximum absolute atomic E-state index is 5.07. The van der Waals surface area contributed by atoms with E-state index >= 15 is 0 Å². The van der Waals surface area contributed by atoms with Crippen molar-refractivity contribution in [2.24, 2.45) is 0 Å². The van der Waals surface area contributed by atoms with Gasteiger partial charge in [0.2, 0.25) is 0 Å². The largest absolute Gasteiger partial charge is 0.350 e. The van der Waals surface area contributed by atoms with E-state index in [1.807, 2.05) is 6.07 Å². The molecule has 12 heavy (non-hydrogen) atoms. The maximum atomic E-state index is 5.07. The molecule has 64 valence electrons. The van der Waals surface area contributed by atoms with Gasteiger partial charge in [0, 0.05) is 12.1 Å². The van der Waals surface area contributed by atoms with Crippen LogP contribution in [-0.4, -0.2) is 4.99 Å². The Hall–Kier alpha value is -0.600. The van der Waals surface area contributed by atoms with E-state index in [4.69, 9.17) is 12.2 Å². The fourth-order valence-electron chi connectivity index (χ4n) is 1.32. The Morgan fingerprint density at radius 3 is 2.75 bits per heavy atom. The fourth-order valence-corrected chi connectivity index (χ4v) is 1.53. The topological polar surface area (TPSA) is 12.0 Å². The quantitative estimate of drug-likeness (QED) is 0.645. The predicted octanol–water partition coefficient (Wildman–Crippen LogP) is 2.79. The number of halogens is 1. The van der Waals surface area contributed by atoms with Crippen LogP contribution in [0.5, 0.6) is 0 Å². The van der Waals surface area contributed by atoms with Crippen LogP contribution >= 0.6 is 24.6 Å². The zero-order chi connectivity index (χ0) is 7.68. The molecule has 0 radical (unpaired) electrons. The van der Waals surface area contributed by atoms with E-state index in [1.54, 1.807) is 0 Å². The summed E-state index contributed by atoms with van der Waals surface area (Å²) >= 11 is 5.07. The van der Waals surface area contributed by atoms with Gasteiger partial charge in [-0.1, -0.05) is 30.4 Å². The van der Waals surface area contributed by atoms with Crippen LogP contribution in [0.15, 0.2) is 24.3 Å². The van der Waals surface area contributed by atoms with E-state index in [0.29, 0.717) is 0 Å². The lowest BCUT2D eigenvalue weighted by atomic mass is 10.0. The number of thiocarbonyl (C=S) groups is 1. The first-order chi connectivity index (χ1) is 5.36. The molecule has 0 aromatic heterocycles. The highest BCUT2D eigenvalue weighted by Crippen LogP contribution is 2.21. The minimum atomic E-state index is 0. The van der Waals surface area contributed by atoms with Crippen LogP contribution in [0.25, 0.3) is 0 Å². The van der Waals surface area contributed by atoms with Crippen molar-refractivity contribution in [3.8, 4) is 0 Å². The molecule has 1 aliphatic heterocycles. The van der Waals surface area contributed by atoms with Crippen molar-refractivity contribution in [2.45, 2.75) is 12.8 Å². The summed E-state index contributed by atoms with van der Waals surface area (Å²) < 4.78 is 0. The van der Waals surface area contributed by atoms with Crippen LogP contribution in [0.4, 0.5) is 5.69 Å². The van der Waals surface area contributed by atoms with Gasteiger partial charge in [0.05, 0.1) is 4.99 Å². The van der Waals surface area contributed by atoms with E-state index in [1.165, 1.54) is 11.3 Å². The number of hydrogen-bond donors (Lipinski definition) is 1. The molecule has 0 saturated carbocycles. The summed E-state index contributed by atoms with van der Waals surface area (Å²) in [5.41, 5.74) is 2.56. The van der Waals surface area contributed by atoms with Crippen molar-refractivity contribution in [1.29, 1.82) is 0 Å². The van der Waals surface area contributed by atoms with Crippen molar-refractivity contribution in [2.75, 3.05) is 5.32 Å². The van der Waals surface area contributed by atoms with Crippen molar-refractivity contribution >= 4 is 35.3 Å². The van der Waals surface area contributed by atoms with Gasteiger partial charge in [0.1, 0.15) is 0 Å². The Kier molecular flexibility index (Phi) is 3.06. The van der Waals surface area contributed by atoms with Gasteiger partial charge in [-0.05, 0) is 18.1 Å². The molecular formula is C9H10ClNS. The molecule has 0 unspecified atom stereocenters. The van der Waals surface area contributed by atoms with Gasteiger partial charge in [0.15, 0.2) is 0 Å². The standard InChI is InChI=1S/C9H9NS.ClH/c11-9-6-5-7-3-1-2-4-8(7)10-9;/h1-4H,5-6H2,(H,10,11);1H. The van der Waals surface area contributed by atoms with Crippen molar-refractivity contribution in [1.82, 2.24) is 0 Å². The second kappa shape index (κ2) is 3.87. The molecule has 1 nitrogen and oxygen atoms in total. The zero-order valence-electron chi connectivity index (χ0n) is 6.54. The van der Waals surface area contributed by atoms with E-state index in [-0.39, 0.29) is 12.4 Å². The van der Waals surface area contributed by atoms with Crippen molar-refractivity contribution in [3.05, 3.63) is 29.8 Å². The zero-order valence-corrected chi connectivity index (χ0v) is 8.17. The third kappa shape index (κ3) is 1.76. The molecule has 1 aromatic carbocycles. The monoisotopic (exact) mass is 199 g/mol. The third-order valence-electron chi connectivity index (χ3n) is 1.91. The van der Waals surface area contributed by atoms with Crippen LogP contribution in [0.1, 0.15) is 12.0 Å². The molecule has 3 heteroatoms. The summed E-state index contributed by atoms with van der Waals surface area (Å²) in [7, 11) is 0. The van der Waals surface area contributed by atoms with Crippen LogP contribution in [0.2, 0.25) is 0 Å². The first-order valence-corrected chi connectivity index (χ1v) is 4.15. The average molecular weight is 200 g/mol. The molecule has 1 aliphatic rings. The minimum Gasteiger partial charge on any atom is -0.350 e. The molecule has 0 aliphatic carbocycles. The number of rotatable bonds is 0. The lowest BCUT2D eigenvalue weighted by molar-refractivity contribution is 1.03. The molecule has 0 amide bonds. The first kappa shape index (κ1) is 9.49. The number of fused-ring (bicyclic) bond motifs is 1. The molecule has 2 rings (SSSR count). The Morgan fingerprint density at radius 1 is 1.17 bits per heavy atom. The molecular weight excluding hydrogens is 190 g/mol. The van der Waals surface area contributed by atoms with Gasteiger partial charge < -0.3 is 5.32 Å². The summed E-state index contributed by atoms with van der Waals surface area (Å²) in [6.45, 7) is 0. The van der Waals surface area contributed by atoms with E-state index in [2.05, 4.69) is 23.5 Å². The number of hydrogen-bond acceptors (Lipinski definition) is 1. The SMILES string of the molecule is Cl.S=C1CCc2ccccc2N1. The first-order valence-electron chi connectivity index (χ1n) is 3.74. The minimum absolute atomic E-state index is 0. The fraction of sp³-hybridized carbons (Fsp3) is 0.222. The van der Waals surface area contributed by atoms with Crippen LogP contribution in [-0.2, 0) is 6.42 Å². The summed E-state index contributed by atoms with van der Waals surface area (Å²) in [6.07, 6.45) is 2.08. The Balaban J connectivity index is 0.000000720. The molecule has 1 N–H and O–H groups in total. The third-order valence-corrected chi connectivity index (χ3v) is 2.22. The summed E-state index contributed by atoms with van der Waals surface area (Å²) in [5.74, 6) is 0. The van der Waals surface area contributed by atoms with E-state index in [0.717, 1.165) is 17.8 Å². The highest BCUT2D eigenvalue weighted by atomic mass is 35.5. The van der Waals surface area contributed by atoms with Crippen LogP contribution in [0, 0.1) is 0 Å². The normalized spacial score (nSPS) is 14.2. The number of nitrogens with one attached hydrogen (secondary N) is 1. The molecule has 0 saturated heterocycles. The second-order valence-corrected chi connectivity index (χ2v) is 3.20. The maximum Gasteiger partial charge on any atom is 0.0800 e. The number of anilines is 1. The predicted molar refractivity (Wildman–Crippen MR) is 58.2 cm³/mol. The van der Waals surface area contributed by atoms with Gasteiger partial charge in [-0.3, -0.25) is 0 Å². The molecule has 1 aromatic rings.